The number of rotatable bonds is 13. The zero-order valence-corrected chi connectivity index (χ0v) is 30.1. The van der Waals surface area contributed by atoms with Gasteiger partial charge in [0.05, 0.1) is 17.2 Å². The minimum atomic E-state index is -4.31. The molecule has 254 valence electrons. The molecule has 8 nitrogen and oxygen atoms in total. The van der Waals surface area contributed by atoms with Crippen LogP contribution in [0.5, 0.6) is 5.75 Å². The number of carbonyl (C=O) groups excluding carboxylic acids is 2. The first kappa shape index (κ1) is 36.8. The van der Waals surface area contributed by atoms with Crippen LogP contribution in [0, 0.1) is 6.92 Å². The molecule has 0 aliphatic rings. The lowest BCUT2D eigenvalue weighted by molar-refractivity contribution is -0.140. The van der Waals surface area contributed by atoms with E-state index in [0.717, 1.165) is 15.4 Å². The molecule has 0 saturated heterocycles. The Hall–Kier alpha value is -4.05. The van der Waals surface area contributed by atoms with Crippen LogP contribution in [0.2, 0.25) is 10.0 Å². The molecule has 0 radical (unpaired) electrons. The first-order chi connectivity index (χ1) is 22.7. The summed E-state index contributed by atoms with van der Waals surface area (Å²) >= 11 is 13.2. The van der Waals surface area contributed by atoms with Crippen molar-refractivity contribution < 1.29 is 22.7 Å². The first-order valence-corrected chi connectivity index (χ1v) is 17.8. The molecule has 2 amide bonds. The number of hydrogen-bond acceptors (Lipinski definition) is 5. The lowest BCUT2D eigenvalue weighted by Gasteiger charge is -2.35. The summed E-state index contributed by atoms with van der Waals surface area (Å²) in [5.74, 6) is -0.765. The third-order valence-electron chi connectivity index (χ3n) is 7.48. The molecule has 0 bridgehead atoms. The molecule has 1 N–H and O–H groups in total. The van der Waals surface area contributed by atoms with Crippen molar-refractivity contribution in [1.82, 2.24) is 10.2 Å². The van der Waals surface area contributed by atoms with Crippen molar-refractivity contribution in [2.24, 2.45) is 0 Å². The lowest BCUT2D eigenvalue weighted by Crippen LogP contribution is -2.56. The van der Waals surface area contributed by atoms with Crippen molar-refractivity contribution in [3.05, 3.63) is 124 Å². The zero-order valence-electron chi connectivity index (χ0n) is 27.7. The topological polar surface area (TPSA) is 96.0 Å². The standard InChI is InChI=1S/C37H41Cl2N3O5S/c1-6-47-34-18-11-10-17-32(34)42(48(45,46)28-21-19-26(2)20-22-28)25-35(43)41(24-29-30(38)15-12-16-31(29)39)33(36(44)40-37(3,4)5)23-27-13-8-7-9-14-27/h7-22,33H,6,23-25H2,1-5H3,(H,40,44)/t33-/m1/s1. The second-order valence-electron chi connectivity index (χ2n) is 12.4. The van der Waals surface area contributed by atoms with Gasteiger partial charge < -0.3 is 15.0 Å². The Bertz CT molecular complexity index is 1810. The highest BCUT2D eigenvalue weighted by Crippen LogP contribution is 2.34. The molecule has 4 aromatic carbocycles. The minimum absolute atomic E-state index is 0.000731. The number of halogens is 2. The number of carbonyl (C=O) groups is 2. The van der Waals surface area contributed by atoms with Crippen molar-refractivity contribution in [3.63, 3.8) is 0 Å². The Kier molecular flexibility index (Phi) is 12.2. The normalized spacial score (nSPS) is 12.2. The Morgan fingerprint density at radius 3 is 2.06 bits per heavy atom. The smallest absolute Gasteiger partial charge is 0.264 e. The predicted octanol–water partition coefficient (Wildman–Crippen LogP) is 7.45. The highest BCUT2D eigenvalue weighted by molar-refractivity contribution is 7.92. The van der Waals surface area contributed by atoms with E-state index in [1.165, 1.54) is 17.0 Å². The molecular formula is C37H41Cl2N3O5S. The lowest BCUT2D eigenvalue weighted by atomic mass is 10.0. The van der Waals surface area contributed by atoms with Gasteiger partial charge in [0.25, 0.3) is 10.0 Å². The number of nitrogens with one attached hydrogen (secondary N) is 1. The molecule has 11 heteroatoms. The predicted molar refractivity (Wildman–Crippen MR) is 192 cm³/mol. The van der Waals surface area contributed by atoms with Gasteiger partial charge in [-0.1, -0.05) is 89.4 Å². The van der Waals surface area contributed by atoms with Crippen LogP contribution in [-0.4, -0.2) is 49.9 Å². The van der Waals surface area contributed by atoms with Gasteiger partial charge in [-0.25, -0.2) is 8.42 Å². The van der Waals surface area contributed by atoms with E-state index in [0.29, 0.717) is 15.6 Å². The third kappa shape index (κ3) is 9.30. The summed E-state index contributed by atoms with van der Waals surface area (Å²) in [6, 6.07) is 26.3. The molecule has 0 aliphatic heterocycles. The highest BCUT2D eigenvalue weighted by Gasteiger charge is 2.37. The van der Waals surface area contributed by atoms with Crippen LogP contribution >= 0.6 is 23.2 Å². The molecule has 0 fully saturated rings. The Labute approximate surface area is 293 Å². The maximum atomic E-state index is 14.8. The molecule has 0 spiro atoms. The van der Waals surface area contributed by atoms with Gasteiger partial charge in [-0.3, -0.25) is 13.9 Å². The molecule has 0 aromatic heterocycles. The van der Waals surface area contributed by atoms with E-state index < -0.39 is 40.0 Å². The van der Waals surface area contributed by atoms with Gasteiger partial charge in [0.15, 0.2) is 0 Å². The van der Waals surface area contributed by atoms with Crippen LogP contribution < -0.4 is 14.4 Å². The van der Waals surface area contributed by atoms with E-state index in [9.17, 15) is 18.0 Å². The van der Waals surface area contributed by atoms with E-state index in [-0.39, 0.29) is 35.9 Å². The molecule has 1 atom stereocenters. The fraction of sp³-hybridized carbons (Fsp3) is 0.297. The highest BCUT2D eigenvalue weighted by atomic mass is 35.5. The van der Waals surface area contributed by atoms with Gasteiger partial charge >= 0.3 is 0 Å². The van der Waals surface area contributed by atoms with Gasteiger partial charge in [0.2, 0.25) is 11.8 Å². The largest absolute Gasteiger partial charge is 0.492 e. The molecule has 4 rings (SSSR count). The van der Waals surface area contributed by atoms with Crippen molar-refractivity contribution in [1.29, 1.82) is 0 Å². The molecular weight excluding hydrogens is 669 g/mol. The number of nitrogens with zero attached hydrogens (tertiary/aromatic N) is 2. The second-order valence-corrected chi connectivity index (χ2v) is 15.1. The first-order valence-electron chi connectivity index (χ1n) is 15.6. The maximum Gasteiger partial charge on any atom is 0.264 e. The van der Waals surface area contributed by atoms with Gasteiger partial charge in [-0.2, -0.15) is 0 Å². The van der Waals surface area contributed by atoms with Crippen LogP contribution in [0.3, 0.4) is 0 Å². The summed E-state index contributed by atoms with van der Waals surface area (Å²) in [6.45, 7) is 8.67. The van der Waals surface area contributed by atoms with E-state index in [1.54, 1.807) is 61.5 Å². The monoisotopic (exact) mass is 709 g/mol. The second kappa shape index (κ2) is 15.9. The van der Waals surface area contributed by atoms with Crippen molar-refractivity contribution in [2.45, 2.75) is 64.1 Å². The van der Waals surface area contributed by atoms with Crippen LogP contribution in [0.25, 0.3) is 0 Å². The Morgan fingerprint density at radius 2 is 1.46 bits per heavy atom. The van der Waals surface area contributed by atoms with Gasteiger partial charge in [0, 0.05) is 34.1 Å². The summed E-state index contributed by atoms with van der Waals surface area (Å²) in [6.07, 6.45) is 0.150. The van der Waals surface area contributed by atoms with E-state index >= 15 is 0 Å². The van der Waals surface area contributed by atoms with Crippen molar-refractivity contribution in [3.8, 4) is 5.75 Å². The van der Waals surface area contributed by atoms with Crippen molar-refractivity contribution >= 4 is 50.7 Å². The van der Waals surface area contributed by atoms with E-state index in [2.05, 4.69) is 5.32 Å². The summed E-state index contributed by atoms with van der Waals surface area (Å²) < 4.78 is 35.6. The van der Waals surface area contributed by atoms with E-state index in [4.69, 9.17) is 27.9 Å². The average molecular weight is 711 g/mol. The third-order valence-corrected chi connectivity index (χ3v) is 9.96. The molecule has 0 heterocycles. The van der Waals surface area contributed by atoms with Crippen LogP contribution in [-0.2, 0) is 32.6 Å². The Morgan fingerprint density at radius 1 is 0.854 bits per heavy atom. The van der Waals surface area contributed by atoms with Crippen LogP contribution in [0.4, 0.5) is 5.69 Å². The maximum absolute atomic E-state index is 14.8. The number of sulfonamides is 1. The SMILES string of the molecule is CCOc1ccccc1N(CC(=O)N(Cc1c(Cl)cccc1Cl)[C@H](Cc1ccccc1)C(=O)NC(C)(C)C)S(=O)(=O)c1ccc(C)cc1. The Balaban J connectivity index is 1.89. The van der Waals surface area contributed by atoms with Crippen molar-refractivity contribution in [2.75, 3.05) is 17.5 Å². The summed E-state index contributed by atoms with van der Waals surface area (Å²) in [5.41, 5.74) is 1.67. The number of ether oxygens (including phenoxy) is 1. The van der Waals surface area contributed by atoms with Crippen LogP contribution in [0.15, 0.2) is 102 Å². The van der Waals surface area contributed by atoms with Gasteiger partial charge in [-0.05, 0) is 76.6 Å². The summed E-state index contributed by atoms with van der Waals surface area (Å²) in [5, 5.41) is 3.62. The van der Waals surface area contributed by atoms with Gasteiger partial charge in [0.1, 0.15) is 18.3 Å². The summed E-state index contributed by atoms with van der Waals surface area (Å²) in [4.78, 5) is 30.2. The average Bonchev–Trinajstić information content (AvgIpc) is 3.03. The van der Waals surface area contributed by atoms with Crippen LogP contribution in [0.1, 0.15) is 44.4 Å². The molecule has 4 aromatic rings. The molecule has 0 saturated carbocycles. The van der Waals surface area contributed by atoms with E-state index in [1.807, 2.05) is 58.0 Å². The fourth-order valence-electron chi connectivity index (χ4n) is 5.15. The summed E-state index contributed by atoms with van der Waals surface area (Å²) in [7, 11) is -4.31. The molecule has 0 aliphatic carbocycles. The quantitative estimate of drug-likeness (QED) is 0.156. The van der Waals surface area contributed by atoms with Gasteiger partial charge in [-0.15, -0.1) is 0 Å². The number of amides is 2. The number of para-hydroxylation sites is 2. The fourth-order valence-corrected chi connectivity index (χ4v) is 7.09. The minimum Gasteiger partial charge on any atom is -0.492 e. The number of anilines is 1. The molecule has 0 unspecified atom stereocenters. The number of hydrogen-bond donors (Lipinski definition) is 1. The molecule has 48 heavy (non-hydrogen) atoms. The number of aryl methyl sites for hydroxylation is 1. The zero-order chi connectivity index (χ0) is 35.1. The number of benzene rings is 4.